The van der Waals surface area contributed by atoms with Crippen LogP contribution in [0, 0.1) is 16.0 Å². The number of carbonyl (C=O) groups excluding carboxylic acids is 1. The number of piperidine rings is 1. The van der Waals surface area contributed by atoms with Crippen molar-refractivity contribution in [2.75, 3.05) is 13.1 Å². The average molecular weight is 501 g/mol. The number of hydrogen-bond acceptors (Lipinski definition) is 6. The number of halogens is 2. The second kappa shape index (κ2) is 10.8. The van der Waals surface area contributed by atoms with E-state index in [2.05, 4.69) is 15.4 Å². The van der Waals surface area contributed by atoms with E-state index in [1.54, 1.807) is 12.1 Å². The first-order chi connectivity index (χ1) is 16.4. The summed E-state index contributed by atoms with van der Waals surface area (Å²) in [6.07, 6.45) is 2.90. The summed E-state index contributed by atoms with van der Waals surface area (Å²) in [7, 11) is 0. The van der Waals surface area contributed by atoms with Crippen molar-refractivity contribution >= 4 is 41.0 Å². The van der Waals surface area contributed by atoms with Crippen LogP contribution < -0.4 is 5.43 Å². The minimum Gasteiger partial charge on any atom is -0.455 e. The van der Waals surface area contributed by atoms with E-state index in [1.165, 1.54) is 30.0 Å². The molecule has 0 radical (unpaired) electrons. The molecular weight excluding hydrogens is 479 g/mol. The van der Waals surface area contributed by atoms with Crippen molar-refractivity contribution in [2.24, 2.45) is 11.0 Å². The lowest BCUT2D eigenvalue weighted by molar-refractivity contribution is -0.384. The molecule has 0 aliphatic carbocycles. The molecule has 0 spiro atoms. The molecule has 1 amide bonds. The lowest BCUT2D eigenvalue weighted by atomic mass is 9.96. The van der Waals surface area contributed by atoms with Crippen LogP contribution in [0.4, 0.5) is 5.69 Å². The van der Waals surface area contributed by atoms with Crippen molar-refractivity contribution in [1.82, 2.24) is 10.3 Å². The third kappa shape index (κ3) is 6.02. The van der Waals surface area contributed by atoms with Gasteiger partial charge in [0.2, 0.25) is 5.91 Å². The summed E-state index contributed by atoms with van der Waals surface area (Å²) in [5, 5.41) is 16.1. The van der Waals surface area contributed by atoms with Crippen molar-refractivity contribution in [1.29, 1.82) is 0 Å². The molecule has 2 aromatic carbocycles. The molecule has 3 aromatic rings. The number of nitro groups is 1. The minimum atomic E-state index is -0.497. The molecule has 0 saturated carbocycles. The van der Waals surface area contributed by atoms with E-state index < -0.39 is 4.92 Å². The van der Waals surface area contributed by atoms with Gasteiger partial charge in [0.25, 0.3) is 5.69 Å². The number of hydrogen-bond donors (Lipinski definition) is 1. The molecule has 1 N–H and O–H groups in total. The molecule has 0 bridgehead atoms. The number of non-ortho nitro benzene ring substituents is 1. The zero-order valence-electron chi connectivity index (χ0n) is 18.1. The number of hydrazone groups is 1. The molecule has 8 nitrogen and oxygen atoms in total. The summed E-state index contributed by atoms with van der Waals surface area (Å²) in [4.78, 5) is 25.3. The van der Waals surface area contributed by atoms with Gasteiger partial charge in [0.1, 0.15) is 11.5 Å². The zero-order valence-corrected chi connectivity index (χ0v) is 19.6. The van der Waals surface area contributed by atoms with Gasteiger partial charge in [-0.2, -0.15) is 5.10 Å². The van der Waals surface area contributed by atoms with Gasteiger partial charge in [0.15, 0.2) is 0 Å². The molecule has 10 heteroatoms. The number of furan rings is 1. The van der Waals surface area contributed by atoms with Crippen LogP contribution >= 0.6 is 23.2 Å². The number of nitrogens with zero attached hydrogens (tertiary/aromatic N) is 3. The van der Waals surface area contributed by atoms with Crippen LogP contribution in [0.1, 0.15) is 24.2 Å². The summed E-state index contributed by atoms with van der Waals surface area (Å²) >= 11 is 12.1. The maximum Gasteiger partial charge on any atom is 0.270 e. The van der Waals surface area contributed by atoms with Gasteiger partial charge in [-0.3, -0.25) is 19.8 Å². The van der Waals surface area contributed by atoms with Gasteiger partial charge in [-0.15, -0.1) is 0 Å². The first-order valence-corrected chi connectivity index (χ1v) is 11.5. The van der Waals surface area contributed by atoms with E-state index in [-0.39, 0.29) is 17.5 Å². The van der Waals surface area contributed by atoms with Gasteiger partial charge < -0.3 is 4.42 Å². The maximum absolute atomic E-state index is 12.5. The second-order valence-electron chi connectivity index (χ2n) is 8.03. The highest BCUT2D eigenvalue weighted by Gasteiger charge is 2.24. The van der Waals surface area contributed by atoms with Crippen molar-refractivity contribution in [2.45, 2.75) is 19.4 Å². The molecule has 176 valence electrons. The monoisotopic (exact) mass is 500 g/mol. The molecule has 1 aliphatic heterocycles. The molecule has 0 atom stereocenters. The number of carbonyl (C=O) groups is 1. The first-order valence-electron chi connectivity index (χ1n) is 10.7. The third-order valence-electron chi connectivity index (χ3n) is 5.70. The van der Waals surface area contributed by atoms with E-state index in [9.17, 15) is 14.9 Å². The first kappa shape index (κ1) is 23.9. The van der Waals surface area contributed by atoms with Crippen LogP contribution in [-0.4, -0.2) is 35.0 Å². The van der Waals surface area contributed by atoms with Crippen LogP contribution in [0.25, 0.3) is 11.3 Å². The molecule has 1 aromatic heterocycles. The smallest absolute Gasteiger partial charge is 0.270 e. The number of nitro benzene ring substituents is 1. The lowest BCUT2D eigenvalue weighted by Gasteiger charge is -2.30. The summed E-state index contributed by atoms with van der Waals surface area (Å²) < 4.78 is 5.67. The SMILES string of the molecule is O=C(N/N=C/c1ccc(-c2cc([N+](=O)[O-])ccc2Cl)o1)C1CCN(Cc2ccc(Cl)cc2)CC1. The van der Waals surface area contributed by atoms with E-state index in [0.29, 0.717) is 22.1 Å². The van der Waals surface area contributed by atoms with Crippen molar-refractivity contribution < 1.29 is 14.1 Å². The van der Waals surface area contributed by atoms with Gasteiger partial charge in [0.05, 0.1) is 16.2 Å². The van der Waals surface area contributed by atoms with Gasteiger partial charge >= 0.3 is 0 Å². The predicted molar refractivity (Wildman–Crippen MR) is 131 cm³/mol. The van der Waals surface area contributed by atoms with Gasteiger partial charge in [0, 0.05) is 35.2 Å². The van der Waals surface area contributed by atoms with E-state index in [1.807, 2.05) is 24.3 Å². The normalized spacial score (nSPS) is 15.0. The Labute approximate surface area is 206 Å². The highest BCUT2D eigenvalue weighted by molar-refractivity contribution is 6.33. The number of benzene rings is 2. The number of likely N-dealkylation sites (tertiary alicyclic amines) is 1. The molecule has 2 heterocycles. The van der Waals surface area contributed by atoms with Gasteiger partial charge in [-0.25, -0.2) is 5.43 Å². The average Bonchev–Trinajstić information content (AvgIpc) is 3.30. The van der Waals surface area contributed by atoms with Crippen LogP contribution in [0.15, 0.2) is 64.1 Å². The fraction of sp³-hybridized carbons (Fsp3) is 0.250. The Balaban J connectivity index is 1.28. The summed E-state index contributed by atoms with van der Waals surface area (Å²) in [5.41, 5.74) is 4.10. The highest BCUT2D eigenvalue weighted by atomic mass is 35.5. The van der Waals surface area contributed by atoms with Gasteiger partial charge in [-0.1, -0.05) is 35.3 Å². The Morgan fingerprint density at radius 2 is 1.88 bits per heavy atom. The molecule has 4 rings (SSSR count). The molecule has 1 fully saturated rings. The minimum absolute atomic E-state index is 0.0857. The molecule has 1 aliphatic rings. The molecule has 0 unspecified atom stereocenters. The van der Waals surface area contributed by atoms with Gasteiger partial charge in [-0.05, 0) is 61.8 Å². The predicted octanol–water partition coefficient (Wildman–Crippen LogP) is 5.52. The fourth-order valence-electron chi connectivity index (χ4n) is 3.83. The third-order valence-corrected chi connectivity index (χ3v) is 6.28. The van der Waals surface area contributed by atoms with Crippen molar-refractivity contribution in [3.63, 3.8) is 0 Å². The quantitative estimate of drug-likeness (QED) is 0.261. The highest BCUT2D eigenvalue weighted by Crippen LogP contribution is 2.32. The van der Waals surface area contributed by atoms with E-state index >= 15 is 0 Å². The molecule has 1 saturated heterocycles. The Kier molecular flexibility index (Phi) is 7.62. The summed E-state index contributed by atoms with van der Waals surface area (Å²) in [6.45, 7) is 2.49. The van der Waals surface area contributed by atoms with Crippen LogP contribution in [0.3, 0.4) is 0 Å². The number of nitrogens with one attached hydrogen (secondary N) is 1. The van der Waals surface area contributed by atoms with E-state index in [0.717, 1.165) is 37.5 Å². The summed E-state index contributed by atoms with van der Waals surface area (Å²) in [5.74, 6) is 0.524. The van der Waals surface area contributed by atoms with Crippen LogP contribution in [0.5, 0.6) is 0 Å². The number of amides is 1. The Morgan fingerprint density at radius 1 is 1.15 bits per heavy atom. The number of rotatable bonds is 7. The largest absolute Gasteiger partial charge is 0.455 e. The Hall–Kier alpha value is -3.20. The summed E-state index contributed by atoms with van der Waals surface area (Å²) in [6, 6.07) is 15.2. The topological polar surface area (TPSA) is 101 Å². The molecular formula is C24H22Cl2N4O4. The second-order valence-corrected chi connectivity index (χ2v) is 8.88. The van der Waals surface area contributed by atoms with Crippen molar-refractivity contribution in [3.05, 3.63) is 86.1 Å². The zero-order chi connectivity index (χ0) is 24.1. The van der Waals surface area contributed by atoms with E-state index in [4.69, 9.17) is 27.6 Å². The Morgan fingerprint density at radius 3 is 2.59 bits per heavy atom. The fourth-order valence-corrected chi connectivity index (χ4v) is 4.17. The van der Waals surface area contributed by atoms with Crippen LogP contribution in [-0.2, 0) is 11.3 Å². The lowest BCUT2D eigenvalue weighted by Crippen LogP contribution is -2.39. The van der Waals surface area contributed by atoms with Crippen LogP contribution in [0.2, 0.25) is 10.0 Å². The Bertz CT molecular complexity index is 1200. The maximum atomic E-state index is 12.5. The molecule has 34 heavy (non-hydrogen) atoms. The van der Waals surface area contributed by atoms with Crippen molar-refractivity contribution in [3.8, 4) is 11.3 Å². The standard InChI is InChI=1S/C24H22Cl2N4O4/c25-18-3-1-16(2-4-18)15-29-11-9-17(10-12-29)24(31)28-27-14-20-6-8-23(34-20)21-13-19(30(32)33)5-7-22(21)26/h1-8,13-14,17H,9-12,15H2,(H,28,31)/b27-14+.